The fourth-order valence-corrected chi connectivity index (χ4v) is 8.07. The van der Waals surface area contributed by atoms with Gasteiger partial charge in [-0.15, -0.1) is 0 Å². The smallest absolute Gasteiger partial charge is 0.171 e. The molecule has 7 rings (SSSR count). The van der Waals surface area contributed by atoms with Gasteiger partial charge in [-0.3, -0.25) is 9.47 Å². The van der Waals surface area contributed by atoms with Gasteiger partial charge in [-0.2, -0.15) is 0 Å². The molecule has 0 atom stereocenters. The predicted octanol–water partition coefficient (Wildman–Crippen LogP) is 7.06. The summed E-state index contributed by atoms with van der Waals surface area (Å²) in [5.41, 5.74) is 13.3. The Morgan fingerprint density at radius 3 is 2.41 bits per heavy atom. The van der Waals surface area contributed by atoms with E-state index < -0.39 is 9.84 Å². The van der Waals surface area contributed by atoms with Crippen LogP contribution in [-0.2, 0) is 16.4 Å². The minimum absolute atomic E-state index is 0.228. The minimum atomic E-state index is -3.09. The molecular weight excluding hydrogens is 593 g/mol. The minimum Gasteiger partial charge on any atom is -0.383 e. The van der Waals surface area contributed by atoms with Crippen LogP contribution in [0.25, 0.3) is 39.5 Å². The first-order chi connectivity index (χ1) is 22.3. The van der Waals surface area contributed by atoms with E-state index in [-0.39, 0.29) is 5.75 Å². The zero-order valence-corrected chi connectivity index (χ0v) is 26.9. The van der Waals surface area contributed by atoms with Crippen molar-refractivity contribution in [1.82, 2.24) is 24.4 Å². The summed E-state index contributed by atoms with van der Waals surface area (Å²) in [6, 6.07) is 26.8. The predicted molar refractivity (Wildman–Crippen MR) is 185 cm³/mol. The number of sulfone groups is 1. The summed E-state index contributed by atoms with van der Waals surface area (Å²) in [4.78, 5) is 16.9. The van der Waals surface area contributed by atoms with Crippen LogP contribution in [0.15, 0.2) is 97.0 Å². The van der Waals surface area contributed by atoms with Crippen LogP contribution < -0.4 is 5.73 Å². The molecule has 1 aliphatic heterocycles. The second-order valence-corrected chi connectivity index (χ2v) is 15.1. The van der Waals surface area contributed by atoms with Crippen molar-refractivity contribution in [2.24, 2.45) is 11.3 Å². The van der Waals surface area contributed by atoms with Gasteiger partial charge in [0.15, 0.2) is 21.3 Å². The number of likely N-dealkylation sites (tertiary alicyclic amines) is 1. The Morgan fingerprint density at radius 2 is 1.70 bits per heavy atom. The molecule has 4 heterocycles. The van der Waals surface area contributed by atoms with Crippen molar-refractivity contribution >= 4 is 26.8 Å². The van der Waals surface area contributed by atoms with Gasteiger partial charge >= 0.3 is 0 Å². The van der Waals surface area contributed by atoms with Gasteiger partial charge in [0.2, 0.25) is 0 Å². The fraction of sp³-hybridized carbons (Fsp3) is 0.324. The average Bonchev–Trinajstić information content (AvgIpc) is 3.44. The van der Waals surface area contributed by atoms with Crippen LogP contribution in [0.2, 0.25) is 0 Å². The standard InChI is InChI=1S/C37H40N6O2S/c1-2-46(44,45)23-7-8-27-18-20-37(21-19-27)25-42(26-37)24-28-12-14-30(15-13-28)43-35(31-11-6-22-39-34(31)38)41-33-17-16-32(40-36(33)43)29-9-4-3-5-10-29/h2-6,9-17,22,27H,1,7-8,18-21,23-26H2,(H2,38,39). The van der Waals surface area contributed by atoms with Gasteiger partial charge in [-0.1, -0.05) is 49.0 Å². The van der Waals surface area contributed by atoms with E-state index >= 15 is 0 Å². The normalized spacial score (nSPS) is 16.9. The summed E-state index contributed by atoms with van der Waals surface area (Å²) in [5, 5.41) is 1.09. The molecule has 236 valence electrons. The number of benzene rings is 2. The molecule has 2 aromatic carbocycles. The van der Waals surface area contributed by atoms with Gasteiger partial charge in [0, 0.05) is 42.5 Å². The number of rotatable bonds is 10. The number of aromatic nitrogens is 4. The van der Waals surface area contributed by atoms with Crippen LogP contribution >= 0.6 is 0 Å². The quantitative estimate of drug-likeness (QED) is 0.176. The molecule has 1 saturated carbocycles. The Balaban J connectivity index is 1.06. The van der Waals surface area contributed by atoms with E-state index in [0.29, 0.717) is 23.0 Å². The van der Waals surface area contributed by atoms with Crippen molar-refractivity contribution < 1.29 is 8.42 Å². The highest BCUT2D eigenvalue weighted by atomic mass is 32.2. The second-order valence-electron chi connectivity index (χ2n) is 13.0. The van der Waals surface area contributed by atoms with Gasteiger partial charge in [-0.05, 0) is 91.8 Å². The number of hydrogen-bond acceptors (Lipinski definition) is 7. The van der Waals surface area contributed by atoms with Crippen LogP contribution in [0, 0.1) is 11.3 Å². The van der Waals surface area contributed by atoms with Crippen molar-refractivity contribution in [3.05, 3.63) is 103 Å². The summed E-state index contributed by atoms with van der Waals surface area (Å²) in [5.74, 6) is 2.02. The van der Waals surface area contributed by atoms with Gasteiger partial charge < -0.3 is 5.73 Å². The van der Waals surface area contributed by atoms with E-state index in [1.807, 2.05) is 42.5 Å². The Hall–Kier alpha value is -4.34. The Kier molecular flexibility index (Phi) is 8.21. The maximum Gasteiger partial charge on any atom is 0.171 e. The summed E-state index contributed by atoms with van der Waals surface area (Å²) >= 11 is 0. The molecule has 46 heavy (non-hydrogen) atoms. The van der Waals surface area contributed by atoms with Gasteiger partial charge in [-0.25, -0.2) is 23.4 Å². The molecule has 0 bridgehead atoms. The number of pyridine rings is 2. The van der Waals surface area contributed by atoms with Gasteiger partial charge in [0.25, 0.3) is 0 Å². The fourth-order valence-electron chi connectivity index (χ4n) is 7.33. The molecule has 2 aliphatic rings. The lowest BCUT2D eigenvalue weighted by Gasteiger charge is -2.54. The number of fused-ring (bicyclic) bond motifs is 1. The first-order valence-corrected chi connectivity index (χ1v) is 17.9. The summed E-state index contributed by atoms with van der Waals surface area (Å²) < 4.78 is 25.5. The highest BCUT2D eigenvalue weighted by molar-refractivity contribution is 7.94. The molecule has 8 nitrogen and oxygen atoms in total. The molecule has 5 aromatic rings. The van der Waals surface area contributed by atoms with Crippen LogP contribution in [0.5, 0.6) is 0 Å². The molecule has 3 aromatic heterocycles. The van der Waals surface area contributed by atoms with Crippen molar-refractivity contribution in [2.45, 2.75) is 45.1 Å². The highest BCUT2D eigenvalue weighted by Crippen LogP contribution is 2.47. The van der Waals surface area contributed by atoms with Crippen molar-refractivity contribution in [3.63, 3.8) is 0 Å². The number of nitrogen functional groups attached to an aromatic ring is 1. The average molecular weight is 633 g/mol. The van der Waals surface area contributed by atoms with E-state index in [2.05, 4.69) is 57.4 Å². The third-order valence-corrected chi connectivity index (χ3v) is 11.2. The number of hydrogen-bond donors (Lipinski definition) is 1. The molecule has 2 N–H and O–H groups in total. The topological polar surface area (TPSA) is 107 Å². The van der Waals surface area contributed by atoms with Crippen LogP contribution in [-0.4, -0.2) is 51.7 Å². The Labute approximate surface area is 270 Å². The monoisotopic (exact) mass is 632 g/mol. The molecule has 1 aliphatic carbocycles. The molecule has 1 saturated heterocycles. The number of anilines is 1. The molecule has 9 heteroatoms. The zero-order valence-electron chi connectivity index (χ0n) is 26.1. The Bertz CT molecular complexity index is 1950. The van der Waals surface area contributed by atoms with E-state index in [0.717, 1.165) is 71.6 Å². The lowest BCUT2D eigenvalue weighted by Crippen LogP contribution is -2.56. The SMILES string of the molecule is C=CS(=O)(=O)CCCC1CCC2(CC1)CN(Cc1ccc(-n3c(-c4cccnc4N)nc4ccc(-c5ccccc5)nc43)cc1)C2. The van der Waals surface area contributed by atoms with E-state index in [9.17, 15) is 8.42 Å². The lowest BCUT2D eigenvalue weighted by molar-refractivity contribution is -0.0437. The first kappa shape index (κ1) is 30.3. The van der Waals surface area contributed by atoms with Gasteiger partial charge in [0.05, 0.1) is 17.0 Å². The van der Waals surface area contributed by atoms with E-state index in [4.69, 9.17) is 15.7 Å². The van der Waals surface area contributed by atoms with E-state index in [1.165, 1.54) is 31.2 Å². The maximum atomic E-state index is 11.7. The first-order valence-electron chi connectivity index (χ1n) is 16.1. The molecule has 1 spiro atoms. The largest absolute Gasteiger partial charge is 0.383 e. The third kappa shape index (κ3) is 6.22. The van der Waals surface area contributed by atoms with Crippen molar-refractivity contribution in [3.8, 4) is 28.3 Å². The zero-order chi connectivity index (χ0) is 31.7. The van der Waals surface area contributed by atoms with Gasteiger partial charge in [0.1, 0.15) is 11.3 Å². The highest BCUT2D eigenvalue weighted by Gasteiger charge is 2.44. The third-order valence-electron chi connectivity index (χ3n) is 9.83. The molecular formula is C37H40N6O2S. The molecule has 0 radical (unpaired) electrons. The summed E-state index contributed by atoms with van der Waals surface area (Å²) in [6.07, 6.45) is 8.34. The van der Waals surface area contributed by atoms with Crippen LogP contribution in [0.4, 0.5) is 5.82 Å². The van der Waals surface area contributed by atoms with Crippen molar-refractivity contribution in [2.75, 3.05) is 24.6 Å². The van der Waals surface area contributed by atoms with Crippen molar-refractivity contribution in [1.29, 1.82) is 0 Å². The number of imidazole rings is 1. The number of nitrogens with zero attached hydrogens (tertiary/aromatic N) is 5. The lowest BCUT2D eigenvalue weighted by atomic mass is 9.65. The number of nitrogens with two attached hydrogens (primary N) is 1. The van der Waals surface area contributed by atoms with Crippen LogP contribution in [0.3, 0.4) is 0 Å². The van der Waals surface area contributed by atoms with Crippen LogP contribution in [0.1, 0.15) is 44.1 Å². The summed E-state index contributed by atoms with van der Waals surface area (Å²) in [6.45, 7) is 6.62. The second kappa shape index (κ2) is 12.5. The molecule has 0 unspecified atom stereocenters. The van der Waals surface area contributed by atoms with E-state index in [1.54, 1.807) is 6.20 Å². The Morgan fingerprint density at radius 1 is 0.935 bits per heavy atom. The maximum absolute atomic E-state index is 11.7. The molecule has 0 amide bonds. The molecule has 2 fully saturated rings. The summed E-state index contributed by atoms with van der Waals surface area (Å²) in [7, 11) is -3.09.